The Kier molecular flexibility index (Phi) is 4.15. The summed E-state index contributed by atoms with van der Waals surface area (Å²) in [5.41, 5.74) is 3.98. The van der Waals surface area contributed by atoms with Crippen molar-refractivity contribution in [3.05, 3.63) is 59.4 Å². The van der Waals surface area contributed by atoms with Crippen molar-refractivity contribution in [1.29, 1.82) is 0 Å². The fourth-order valence-electron chi connectivity index (χ4n) is 4.73. The molecule has 1 aliphatic rings. The second-order valence-corrected chi connectivity index (χ2v) is 10.7. The summed E-state index contributed by atoms with van der Waals surface area (Å²) in [6.45, 7) is 7.64. The van der Waals surface area contributed by atoms with Crippen LogP contribution in [0, 0.1) is 25.5 Å². The van der Waals surface area contributed by atoms with Crippen LogP contribution in [0.5, 0.6) is 0 Å². The molecular weight excluding hydrogens is 434 g/mol. The third-order valence-corrected chi connectivity index (χ3v) is 7.08. The lowest BCUT2D eigenvalue weighted by atomic mass is 9.88. The molecule has 6 nitrogen and oxygen atoms in total. The van der Waals surface area contributed by atoms with E-state index < -0.39 is 27.3 Å². The molecular formula is C23H22F2N4O2S. The summed E-state index contributed by atoms with van der Waals surface area (Å²) in [4.78, 5) is 0. The van der Waals surface area contributed by atoms with Crippen LogP contribution in [0.4, 0.5) is 14.5 Å². The molecule has 5 rings (SSSR count). The van der Waals surface area contributed by atoms with E-state index in [-0.39, 0.29) is 11.1 Å². The van der Waals surface area contributed by atoms with E-state index >= 15 is 4.39 Å². The Morgan fingerprint density at radius 1 is 1.09 bits per heavy atom. The van der Waals surface area contributed by atoms with Gasteiger partial charge in [-0.3, -0.25) is 0 Å². The van der Waals surface area contributed by atoms with E-state index in [1.54, 1.807) is 19.2 Å². The predicted molar refractivity (Wildman–Crippen MR) is 121 cm³/mol. The first-order valence-electron chi connectivity index (χ1n) is 10.1. The van der Waals surface area contributed by atoms with Crippen molar-refractivity contribution in [2.75, 3.05) is 11.6 Å². The number of hydrogen-bond acceptors (Lipinski definition) is 4. The smallest absolute Gasteiger partial charge is 0.236 e. The molecule has 3 heterocycles. The third kappa shape index (κ3) is 2.80. The summed E-state index contributed by atoms with van der Waals surface area (Å²) < 4.78 is 57.4. The topological polar surface area (TPSA) is 68.9 Å². The zero-order chi connectivity index (χ0) is 23.2. The number of rotatable bonds is 2. The number of hydrogen-bond donors (Lipinski definition) is 1. The number of nitrogens with zero attached hydrogens (tertiary/aromatic N) is 3. The fraction of sp³-hybridized carbons (Fsp3) is 0.261. The molecule has 166 valence electrons. The first-order valence-corrected chi connectivity index (χ1v) is 11.9. The molecule has 2 aromatic carbocycles. The zero-order valence-electron chi connectivity index (χ0n) is 18.3. The molecule has 0 amide bonds. The van der Waals surface area contributed by atoms with E-state index in [1.165, 1.54) is 18.3 Å². The van der Waals surface area contributed by atoms with Gasteiger partial charge in [0.05, 0.1) is 23.7 Å². The van der Waals surface area contributed by atoms with E-state index in [1.807, 2.05) is 25.5 Å². The fourth-order valence-corrected chi connectivity index (χ4v) is 5.52. The van der Waals surface area contributed by atoms with Crippen LogP contribution in [0.15, 0.2) is 36.7 Å². The Hall–Kier alpha value is -3.20. The maximum Gasteiger partial charge on any atom is 0.236 e. The number of nitrogens with one attached hydrogen (secondary N) is 1. The van der Waals surface area contributed by atoms with Gasteiger partial charge in [-0.05, 0) is 68.7 Å². The number of benzene rings is 2. The second kappa shape index (κ2) is 6.41. The monoisotopic (exact) mass is 456 g/mol. The van der Waals surface area contributed by atoms with Crippen molar-refractivity contribution in [3.8, 4) is 22.4 Å². The van der Waals surface area contributed by atoms with E-state index in [2.05, 4.69) is 10.4 Å². The Labute approximate surface area is 184 Å². The maximum atomic E-state index is 15.6. The van der Waals surface area contributed by atoms with Gasteiger partial charge in [0.2, 0.25) is 10.0 Å². The molecule has 0 bridgehead atoms. The molecule has 0 radical (unpaired) electrons. The van der Waals surface area contributed by atoms with Crippen molar-refractivity contribution in [2.24, 2.45) is 0 Å². The molecule has 32 heavy (non-hydrogen) atoms. The van der Waals surface area contributed by atoms with Gasteiger partial charge < -0.3 is 5.32 Å². The van der Waals surface area contributed by atoms with Crippen LogP contribution in [0.3, 0.4) is 0 Å². The Morgan fingerprint density at radius 3 is 2.50 bits per heavy atom. The average Bonchev–Trinajstić information content (AvgIpc) is 3.25. The Morgan fingerprint density at radius 2 is 1.81 bits per heavy atom. The van der Waals surface area contributed by atoms with Crippen molar-refractivity contribution in [3.63, 3.8) is 0 Å². The summed E-state index contributed by atoms with van der Waals surface area (Å²) in [5, 5.41) is 8.29. The van der Waals surface area contributed by atoms with Crippen LogP contribution in [-0.2, 0) is 15.7 Å². The van der Waals surface area contributed by atoms with E-state index in [9.17, 15) is 12.8 Å². The van der Waals surface area contributed by atoms with Crippen LogP contribution in [0.25, 0.3) is 33.3 Å². The summed E-state index contributed by atoms with van der Waals surface area (Å²) in [6, 6.07) is 5.38. The third-order valence-electron chi connectivity index (χ3n) is 6.05. The van der Waals surface area contributed by atoms with Crippen molar-refractivity contribution in [2.45, 2.75) is 33.4 Å². The number of fused-ring (bicyclic) bond motifs is 4. The molecule has 4 aromatic rings. The largest absolute Gasteiger partial charge is 0.361 e. The first-order chi connectivity index (χ1) is 14.9. The molecule has 0 aliphatic carbocycles. The van der Waals surface area contributed by atoms with Crippen LogP contribution in [-0.4, -0.2) is 28.4 Å². The first kappa shape index (κ1) is 20.7. The highest BCUT2D eigenvalue weighted by Crippen LogP contribution is 2.46. The highest BCUT2D eigenvalue weighted by Gasteiger charge is 2.34. The molecule has 0 fully saturated rings. The minimum atomic E-state index is -3.65. The van der Waals surface area contributed by atoms with Gasteiger partial charge in [0.1, 0.15) is 17.3 Å². The van der Waals surface area contributed by atoms with Gasteiger partial charge >= 0.3 is 0 Å². The molecule has 2 aromatic heterocycles. The Bertz CT molecular complexity index is 1550. The molecule has 0 unspecified atom stereocenters. The van der Waals surface area contributed by atoms with Crippen LogP contribution in [0.2, 0.25) is 0 Å². The molecule has 1 N–H and O–H groups in total. The number of anilines is 1. The van der Waals surface area contributed by atoms with Crippen molar-refractivity contribution < 1.29 is 17.2 Å². The minimum Gasteiger partial charge on any atom is -0.361 e. The molecule has 0 saturated carbocycles. The van der Waals surface area contributed by atoms with Crippen molar-refractivity contribution in [1.82, 2.24) is 13.8 Å². The number of aryl methyl sites for hydroxylation is 1. The average molecular weight is 457 g/mol. The lowest BCUT2D eigenvalue weighted by Gasteiger charge is -2.37. The van der Waals surface area contributed by atoms with Crippen molar-refractivity contribution >= 4 is 26.6 Å². The quantitative estimate of drug-likeness (QED) is 0.461. The van der Waals surface area contributed by atoms with Crippen LogP contribution in [0.1, 0.15) is 25.0 Å². The lowest BCUT2D eigenvalue weighted by Crippen LogP contribution is -2.39. The number of aromatic nitrogens is 3. The molecule has 0 spiro atoms. The van der Waals surface area contributed by atoms with Gasteiger partial charge in [0.25, 0.3) is 0 Å². The molecule has 0 saturated heterocycles. The molecule has 1 aliphatic heterocycles. The maximum absolute atomic E-state index is 15.6. The SMILES string of the molecule is Cc1cnn2c1-c1c(cc(F)c(-c3cc(F)cc4c3ccn4S(C)(=O)=O)c1C)NC2(C)C. The molecule has 0 atom stereocenters. The number of halogens is 2. The second-order valence-electron chi connectivity index (χ2n) is 8.81. The summed E-state index contributed by atoms with van der Waals surface area (Å²) in [5.74, 6) is -1.16. The van der Waals surface area contributed by atoms with Crippen LogP contribution >= 0.6 is 0 Å². The van der Waals surface area contributed by atoms with Gasteiger partial charge in [0, 0.05) is 28.4 Å². The van der Waals surface area contributed by atoms with E-state index in [0.29, 0.717) is 22.2 Å². The van der Waals surface area contributed by atoms with Gasteiger partial charge in [0.15, 0.2) is 0 Å². The Balaban J connectivity index is 1.87. The summed E-state index contributed by atoms with van der Waals surface area (Å²) in [6.07, 6.45) is 4.17. The highest BCUT2D eigenvalue weighted by atomic mass is 32.2. The van der Waals surface area contributed by atoms with Gasteiger partial charge in [-0.25, -0.2) is 25.9 Å². The normalized spacial score (nSPS) is 14.8. The standard InChI is InChI=1S/C23H22F2N4O2S/c1-12-11-26-29-22(12)21-13(2)20(17(25)10-18(21)27-23(29,3)4)16-8-14(24)9-19-15(16)6-7-28(19)32(5,30)31/h6-11,27H,1-5H3. The summed E-state index contributed by atoms with van der Waals surface area (Å²) >= 11 is 0. The predicted octanol–water partition coefficient (Wildman–Crippen LogP) is 4.99. The zero-order valence-corrected chi connectivity index (χ0v) is 19.1. The lowest BCUT2D eigenvalue weighted by molar-refractivity contribution is 0.368. The highest BCUT2D eigenvalue weighted by molar-refractivity contribution is 7.89. The van der Waals surface area contributed by atoms with E-state index in [4.69, 9.17) is 0 Å². The molecule has 9 heteroatoms. The van der Waals surface area contributed by atoms with Gasteiger partial charge in [-0.2, -0.15) is 5.10 Å². The minimum absolute atomic E-state index is 0.166. The van der Waals surface area contributed by atoms with Gasteiger partial charge in [-0.15, -0.1) is 0 Å². The summed E-state index contributed by atoms with van der Waals surface area (Å²) in [7, 11) is -3.65. The van der Waals surface area contributed by atoms with E-state index in [0.717, 1.165) is 33.1 Å². The van der Waals surface area contributed by atoms with Crippen LogP contribution < -0.4 is 5.32 Å². The van der Waals surface area contributed by atoms with Gasteiger partial charge in [-0.1, -0.05) is 0 Å².